The third kappa shape index (κ3) is 3.09. The van der Waals surface area contributed by atoms with Gasteiger partial charge in [-0.05, 0) is 18.4 Å². The molecule has 0 saturated heterocycles. The average molecular weight is 357 g/mol. The lowest BCUT2D eigenvalue weighted by Gasteiger charge is -2.23. The maximum atomic E-state index is 13.6. The zero-order valence-corrected chi connectivity index (χ0v) is 15.7. The van der Waals surface area contributed by atoms with Gasteiger partial charge in [-0.2, -0.15) is 10.1 Å². The molecule has 2 heterocycles. The summed E-state index contributed by atoms with van der Waals surface area (Å²) in [6.07, 6.45) is 0. The fourth-order valence-electron chi connectivity index (χ4n) is 3.17. The molecule has 2 aromatic heterocycles. The van der Waals surface area contributed by atoms with Gasteiger partial charge in [-0.3, -0.25) is 9.78 Å². The normalized spacial score (nSPS) is 12.7. The minimum absolute atomic E-state index is 0.122. The highest BCUT2D eigenvalue weighted by Gasteiger charge is 2.25. The smallest absolute Gasteiger partial charge is 0.263 e. The molecule has 7 heteroatoms. The first-order valence-electron chi connectivity index (χ1n) is 8.64. The molecule has 0 amide bonds. The molecule has 0 spiro atoms. The number of aromatic nitrogens is 4. The monoisotopic (exact) mass is 357 g/mol. The number of hydrogen-bond donors (Lipinski definition) is 1. The maximum Gasteiger partial charge on any atom is 0.263 e. The number of anilines is 1. The van der Waals surface area contributed by atoms with Crippen molar-refractivity contribution in [3.63, 3.8) is 0 Å². The number of halogens is 1. The lowest BCUT2D eigenvalue weighted by molar-refractivity contribution is 0.399. The van der Waals surface area contributed by atoms with Crippen LogP contribution < -0.4 is 10.5 Å². The molecule has 1 atom stereocenters. The number of H-pyrrole nitrogens is 1. The van der Waals surface area contributed by atoms with E-state index in [-0.39, 0.29) is 28.6 Å². The number of alkyl halides is 1. The summed E-state index contributed by atoms with van der Waals surface area (Å²) in [6.45, 7) is 5.37. The zero-order valence-electron chi connectivity index (χ0n) is 15.7. The molecule has 6 nitrogen and oxygen atoms in total. The lowest BCUT2D eigenvalue weighted by atomic mass is 9.95. The Hall–Kier alpha value is -2.70. The van der Waals surface area contributed by atoms with Crippen LogP contribution in [0.2, 0.25) is 0 Å². The average Bonchev–Trinajstić information content (AvgIpc) is 2.95. The van der Waals surface area contributed by atoms with Crippen molar-refractivity contribution in [2.24, 2.45) is 5.92 Å². The SMILES string of the molecule is Cc1ccc([C@H](C(C)C)n2nc(CF)c3c(=O)[nH]c(N(C)C)nc32)cc1. The summed E-state index contributed by atoms with van der Waals surface area (Å²) < 4.78 is 15.3. The van der Waals surface area contributed by atoms with Gasteiger partial charge < -0.3 is 4.90 Å². The van der Waals surface area contributed by atoms with Gasteiger partial charge in [0.2, 0.25) is 5.95 Å². The van der Waals surface area contributed by atoms with Gasteiger partial charge in [0, 0.05) is 14.1 Å². The number of nitrogens with one attached hydrogen (secondary N) is 1. The van der Waals surface area contributed by atoms with Gasteiger partial charge in [0.25, 0.3) is 5.56 Å². The third-order valence-corrected chi connectivity index (χ3v) is 4.49. The second-order valence-corrected chi connectivity index (χ2v) is 7.11. The third-order valence-electron chi connectivity index (χ3n) is 4.49. The summed E-state index contributed by atoms with van der Waals surface area (Å²) in [5.74, 6) is 0.595. The Morgan fingerprint density at radius 2 is 1.88 bits per heavy atom. The van der Waals surface area contributed by atoms with Crippen LogP contribution in [0.25, 0.3) is 11.0 Å². The van der Waals surface area contributed by atoms with E-state index in [1.807, 2.05) is 31.2 Å². The minimum atomic E-state index is -0.811. The largest absolute Gasteiger partial charge is 0.348 e. The Labute approximate surface area is 151 Å². The van der Waals surface area contributed by atoms with Crippen LogP contribution in [0.1, 0.15) is 36.7 Å². The molecule has 0 unspecified atom stereocenters. The van der Waals surface area contributed by atoms with Crippen LogP contribution in [-0.4, -0.2) is 33.8 Å². The molecule has 0 aliphatic rings. The van der Waals surface area contributed by atoms with E-state index in [1.54, 1.807) is 23.7 Å². The van der Waals surface area contributed by atoms with E-state index in [0.29, 0.717) is 11.6 Å². The van der Waals surface area contributed by atoms with Crippen molar-refractivity contribution >= 4 is 17.0 Å². The molecule has 26 heavy (non-hydrogen) atoms. The molecule has 1 N–H and O–H groups in total. The lowest BCUT2D eigenvalue weighted by Crippen LogP contribution is -2.22. The second kappa shape index (κ2) is 6.90. The molecular weight excluding hydrogens is 333 g/mol. The first kappa shape index (κ1) is 18.1. The van der Waals surface area contributed by atoms with E-state index < -0.39 is 6.67 Å². The molecule has 3 aromatic rings. The van der Waals surface area contributed by atoms with Gasteiger partial charge in [0.05, 0.1) is 6.04 Å². The van der Waals surface area contributed by atoms with Gasteiger partial charge >= 0.3 is 0 Å². The summed E-state index contributed by atoms with van der Waals surface area (Å²) in [6, 6.07) is 8.02. The van der Waals surface area contributed by atoms with Crippen LogP contribution in [0, 0.1) is 12.8 Å². The quantitative estimate of drug-likeness (QED) is 0.761. The summed E-state index contributed by atoms with van der Waals surface area (Å²) >= 11 is 0. The van der Waals surface area contributed by atoms with Crippen molar-refractivity contribution in [3.05, 3.63) is 51.4 Å². The predicted octanol–water partition coefficient (Wildman–Crippen LogP) is 3.21. The van der Waals surface area contributed by atoms with Crippen LogP contribution in [0.3, 0.4) is 0 Å². The van der Waals surface area contributed by atoms with Gasteiger partial charge in [-0.15, -0.1) is 0 Å². The first-order chi connectivity index (χ1) is 12.3. The van der Waals surface area contributed by atoms with Crippen LogP contribution in [0.4, 0.5) is 10.3 Å². The molecule has 0 radical (unpaired) electrons. The number of aromatic amines is 1. The van der Waals surface area contributed by atoms with Gasteiger partial charge in [-0.25, -0.2) is 9.07 Å². The van der Waals surface area contributed by atoms with Crippen LogP contribution in [0.5, 0.6) is 0 Å². The second-order valence-electron chi connectivity index (χ2n) is 7.11. The molecule has 3 rings (SSSR count). The number of hydrogen-bond acceptors (Lipinski definition) is 4. The molecule has 0 fully saturated rings. The summed E-state index contributed by atoms with van der Waals surface area (Å²) in [4.78, 5) is 21.5. The summed E-state index contributed by atoms with van der Waals surface area (Å²) in [5, 5.41) is 4.65. The Bertz CT molecular complexity index is 972. The van der Waals surface area contributed by atoms with Gasteiger partial charge in [0.15, 0.2) is 5.65 Å². The van der Waals surface area contributed by atoms with E-state index in [1.165, 1.54) is 0 Å². The van der Waals surface area contributed by atoms with Crippen molar-refractivity contribution in [1.82, 2.24) is 19.7 Å². The molecule has 0 saturated carbocycles. The van der Waals surface area contributed by atoms with Crippen molar-refractivity contribution < 1.29 is 4.39 Å². The van der Waals surface area contributed by atoms with Crippen molar-refractivity contribution in [3.8, 4) is 0 Å². The number of rotatable bonds is 5. The maximum absolute atomic E-state index is 13.6. The van der Waals surface area contributed by atoms with Crippen LogP contribution in [-0.2, 0) is 6.67 Å². The number of benzene rings is 1. The predicted molar refractivity (Wildman–Crippen MR) is 101 cm³/mol. The zero-order chi connectivity index (χ0) is 19.0. The molecule has 0 bridgehead atoms. The Kier molecular flexibility index (Phi) is 4.80. The van der Waals surface area contributed by atoms with Gasteiger partial charge in [-0.1, -0.05) is 43.7 Å². The molecule has 0 aliphatic carbocycles. The van der Waals surface area contributed by atoms with Crippen molar-refractivity contribution in [2.45, 2.75) is 33.5 Å². The van der Waals surface area contributed by atoms with E-state index in [9.17, 15) is 9.18 Å². The van der Waals surface area contributed by atoms with Crippen molar-refractivity contribution in [1.29, 1.82) is 0 Å². The molecule has 0 aliphatic heterocycles. The molecule has 138 valence electrons. The fourth-order valence-corrected chi connectivity index (χ4v) is 3.17. The number of nitrogens with zero attached hydrogens (tertiary/aromatic N) is 4. The van der Waals surface area contributed by atoms with E-state index >= 15 is 0 Å². The van der Waals surface area contributed by atoms with Crippen LogP contribution in [0.15, 0.2) is 29.1 Å². The molecular formula is C19H24FN5O. The first-order valence-corrected chi connectivity index (χ1v) is 8.64. The topological polar surface area (TPSA) is 66.8 Å². The standard InChI is InChI=1S/C19H24FN5O/c1-11(2)16(13-8-6-12(3)7-9-13)25-17-15(14(10-20)23-25)18(26)22-19(21-17)24(4)5/h6-9,11,16H,10H2,1-5H3,(H,21,22,26)/t16-/m0/s1. The fraction of sp³-hybridized carbons (Fsp3) is 0.421. The van der Waals surface area contributed by atoms with E-state index in [2.05, 4.69) is 28.9 Å². The summed E-state index contributed by atoms with van der Waals surface area (Å²) in [7, 11) is 3.58. The molecule has 1 aromatic carbocycles. The van der Waals surface area contributed by atoms with Gasteiger partial charge in [0.1, 0.15) is 17.8 Å². The highest BCUT2D eigenvalue weighted by atomic mass is 19.1. The Morgan fingerprint density at radius 1 is 1.23 bits per heavy atom. The summed E-state index contributed by atoms with van der Waals surface area (Å²) in [5.41, 5.74) is 2.37. The Morgan fingerprint density at radius 3 is 2.42 bits per heavy atom. The van der Waals surface area contributed by atoms with Crippen molar-refractivity contribution in [2.75, 3.05) is 19.0 Å². The van der Waals surface area contributed by atoms with Crippen LogP contribution >= 0.6 is 0 Å². The number of aryl methyl sites for hydroxylation is 1. The highest BCUT2D eigenvalue weighted by Crippen LogP contribution is 2.30. The number of fused-ring (bicyclic) bond motifs is 1. The van der Waals surface area contributed by atoms with E-state index in [4.69, 9.17) is 0 Å². The minimum Gasteiger partial charge on any atom is -0.348 e. The van der Waals surface area contributed by atoms with E-state index in [0.717, 1.165) is 11.1 Å². The highest BCUT2D eigenvalue weighted by molar-refractivity contribution is 5.78. The Balaban J connectivity index is 2.30.